The average Bonchev–Trinajstić information content (AvgIpc) is 3.92. The standard InChI is InChI=1S/C46H56N6/c1-13-29-23(7)35-19-39-31(15-3)25(9)43(49-39)44-26(10)32(16-4)40(50-44)20-36-24(8)30(14-2)38(48-36)22-42-34(18-6)28(12)46(52-42)45-27(11)33(17-5)41(51-45)21-37(29)47-35/h19-22,49-52H,13-18H2,1-12H3. The summed E-state index contributed by atoms with van der Waals surface area (Å²) >= 11 is 0. The molecule has 0 aliphatic carbocycles. The van der Waals surface area contributed by atoms with E-state index in [9.17, 15) is 0 Å². The van der Waals surface area contributed by atoms with E-state index in [0.29, 0.717) is 0 Å². The molecule has 0 amide bonds. The van der Waals surface area contributed by atoms with Gasteiger partial charge < -0.3 is 19.9 Å². The van der Waals surface area contributed by atoms with Crippen LogP contribution in [0.5, 0.6) is 0 Å². The maximum atomic E-state index is 5.34. The zero-order valence-corrected chi connectivity index (χ0v) is 33.4. The van der Waals surface area contributed by atoms with E-state index >= 15 is 0 Å². The Balaban J connectivity index is 1.71. The topological polar surface area (TPSA) is 88.9 Å². The molecule has 0 fully saturated rings. The molecule has 6 nitrogen and oxygen atoms in total. The van der Waals surface area contributed by atoms with Crippen LogP contribution in [-0.2, 0) is 25.7 Å². The van der Waals surface area contributed by atoms with Crippen LogP contribution in [0.15, 0.2) is 24.3 Å². The van der Waals surface area contributed by atoms with E-state index in [1.165, 1.54) is 66.8 Å². The molecule has 7 rings (SSSR count). The van der Waals surface area contributed by atoms with Crippen LogP contribution >= 0.6 is 0 Å². The molecule has 2 aliphatic rings. The third-order valence-corrected chi connectivity index (χ3v) is 12.2. The van der Waals surface area contributed by atoms with Crippen molar-refractivity contribution in [3.8, 4) is 0 Å². The first-order valence-electron chi connectivity index (χ1n) is 19.6. The summed E-state index contributed by atoms with van der Waals surface area (Å²) in [6.07, 6.45) is 5.60. The summed E-state index contributed by atoms with van der Waals surface area (Å²) in [5, 5.41) is 0. The highest BCUT2D eigenvalue weighted by Crippen LogP contribution is 2.37. The predicted molar refractivity (Wildman–Crippen MR) is 224 cm³/mol. The second-order valence-corrected chi connectivity index (χ2v) is 14.7. The van der Waals surface area contributed by atoms with Crippen molar-refractivity contribution >= 4 is 66.4 Å². The molecule has 7 heterocycles. The van der Waals surface area contributed by atoms with Gasteiger partial charge in [-0.1, -0.05) is 41.5 Å². The highest BCUT2D eigenvalue weighted by atomic mass is 14.8. The summed E-state index contributed by atoms with van der Waals surface area (Å²) in [6, 6.07) is 9.15. The van der Waals surface area contributed by atoms with E-state index in [1.807, 2.05) is 0 Å². The summed E-state index contributed by atoms with van der Waals surface area (Å²) < 4.78 is 0. The molecule has 4 N–H and O–H groups in total. The zero-order valence-electron chi connectivity index (χ0n) is 33.4. The minimum Gasteiger partial charge on any atom is -0.353 e. The molecule has 5 aromatic heterocycles. The van der Waals surface area contributed by atoms with Crippen molar-refractivity contribution in [3.05, 3.63) is 91.5 Å². The van der Waals surface area contributed by atoms with E-state index in [0.717, 1.165) is 105 Å². The number of hydrogen-bond acceptors (Lipinski definition) is 2. The van der Waals surface area contributed by atoms with Gasteiger partial charge in [0.25, 0.3) is 0 Å². The number of nitrogens with zero attached hydrogens (tertiary/aromatic N) is 2. The molecule has 2 aliphatic heterocycles. The first kappa shape index (κ1) is 35.6. The average molecular weight is 693 g/mol. The fourth-order valence-corrected chi connectivity index (χ4v) is 9.16. The Morgan fingerprint density at radius 3 is 0.846 bits per heavy atom. The fraction of sp³-hybridized carbons (Fsp3) is 0.391. The zero-order chi connectivity index (χ0) is 37.2. The van der Waals surface area contributed by atoms with Gasteiger partial charge in [-0.2, -0.15) is 0 Å². The van der Waals surface area contributed by atoms with Crippen molar-refractivity contribution < 1.29 is 0 Å². The number of aromatic amines is 4. The summed E-state index contributed by atoms with van der Waals surface area (Å²) in [4.78, 5) is 26.2. The van der Waals surface area contributed by atoms with Gasteiger partial charge in [0.15, 0.2) is 0 Å². The molecule has 6 heteroatoms. The number of rotatable bonds is 6. The third-order valence-electron chi connectivity index (χ3n) is 12.2. The molecule has 0 aromatic carbocycles. The molecule has 0 unspecified atom stereocenters. The Labute approximate surface area is 308 Å². The molecule has 52 heavy (non-hydrogen) atoms. The maximum absolute atomic E-state index is 5.34. The van der Waals surface area contributed by atoms with Gasteiger partial charge in [-0.25, -0.2) is 9.97 Å². The van der Waals surface area contributed by atoms with Crippen LogP contribution in [-0.4, -0.2) is 29.9 Å². The SMILES string of the molecule is CCC1=C(C)c2cc3[nH]c(c(C)c3CC)c3[nH]c(cc4nc(cc5[nH]c(c(C)c5CC)c5[nH]c(cc1n2)c(CC)c5C)C(CC)=C4C)c(CC)c3C. The Morgan fingerprint density at radius 2 is 0.615 bits per heavy atom. The molecule has 0 spiro atoms. The number of fused-ring (bicyclic) bond motifs is 14. The maximum Gasteiger partial charge on any atom is 0.0693 e. The quantitative estimate of drug-likeness (QED) is 0.143. The van der Waals surface area contributed by atoms with Crippen molar-refractivity contribution in [2.75, 3.05) is 0 Å². The van der Waals surface area contributed by atoms with Crippen LogP contribution < -0.4 is 0 Å². The van der Waals surface area contributed by atoms with Gasteiger partial charge >= 0.3 is 0 Å². The Kier molecular flexibility index (Phi) is 9.31. The predicted octanol–water partition coefficient (Wildman–Crippen LogP) is 12.6. The van der Waals surface area contributed by atoms with E-state index in [4.69, 9.17) is 9.97 Å². The Morgan fingerprint density at radius 1 is 0.365 bits per heavy atom. The lowest BCUT2D eigenvalue weighted by Crippen LogP contribution is -1.83. The van der Waals surface area contributed by atoms with Gasteiger partial charge in [-0.3, -0.25) is 0 Å². The highest BCUT2D eigenvalue weighted by Gasteiger charge is 2.21. The molecular formula is C46H56N6. The number of nitrogens with one attached hydrogen (secondary N) is 4. The van der Waals surface area contributed by atoms with E-state index in [2.05, 4.69) is 127 Å². The van der Waals surface area contributed by atoms with Crippen LogP contribution in [0.4, 0.5) is 0 Å². The first-order chi connectivity index (χ1) is 25.0. The Hall–Kier alpha value is -4.84. The summed E-state index contributed by atoms with van der Waals surface area (Å²) in [7, 11) is 0. The second-order valence-electron chi connectivity index (χ2n) is 14.7. The van der Waals surface area contributed by atoms with Crippen LogP contribution in [0.3, 0.4) is 0 Å². The number of aryl methyl sites for hydroxylation is 8. The lowest BCUT2D eigenvalue weighted by Gasteiger charge is -2.00. The van der Waals surface area contributed by atoms with Crippen molar-refractivity contribution in [3.63, 3.8) is 0 Å². The summed E-state index contributed by atoms with van der Waals surface area (Å²) in [5.74, 6) is 0. The summed E-state index contributed by atoms with van der Waals surface area (Å²) in [5.41, 5.74) is 29.0. The minimum atomic E-state index is 0.925. The minimum absolute atomic E-state index is 0.925. The number of H-pyrrole nitrogens is 4. The first-order valence-corrected chi connectivity index (χ1v) is 19.6. The van der Waals surface area contributed by atoms with E-state index in [1.54, 1.807) is 0 Å². The molecular weight excluding hydrogens is 637 g/mol. The second kappa shape index (κ2) is 13.6. The third kappa shape index (κ3) is 5.45. The fourth-order valence-electron chi connectivity index (χ4n) is 9.16. The van der Waals surface area contributed by atoms with Crippen LogP contribution in [0.25, 0.3) is 66.4 Å². The van der Waals surface area contributed by atoms with Crippen LogP contribution in [0, 0.1) is 27.7 Å². The van der Waals surface area contributed by atoms with E-state index < -0.39 is 0 Å². The van der Waals surface area contributed by atoms with E-state index in [-0.39, 0.29) is 0 Å². The Bertz CT molecular complexity index is 2410. The molecule has 12 bridgehead atoms. The van der Waals surface area contributed by atoms with Crippen molar-refractivity contribution in [2.24, 2.45) is 0 Å². The lowest BCUT2D eigenvalue weighted by atomic mass is 10.0. The smallest absolute Gasteiger partial charge is 0.0693 e. The van der Waals surface area contributed by atoms with Gasteiger partial charge in [-0.05, 0) is 171 Å². The molecule has 270 valence electrons. The summed E-state index contributed by atoms with van der Waals surface area (Å²) in [6.45, 7) is 27.0. The lowest BCUT2D eigenvalue weighted by molar-refractivity contribution is 1.14. The molecule has 0 saturated carbocycles. The van der Waals surface area contributed by atoms with Gasteiger partial charge in [0.1, 0.15) is 0 Å². The van der Waals surface area contributed by atoms with Crippen LogP contribution in [0.2, 0.25) is 0 Å². The molecule has 0 radical (unpaired) electrons. The molecule has 0 atom stereocenters. The largest absolute Gasteiger partial charge is 0.353 e. The monoisotopic (exact) mass is 692 g/mol. The van der Waals surface area contributed by atoms with Crippen molar-refractivity contribution in [2.45, 2.75) is 122 Å². The normalized spacial score (nSPS) is 13.3. The molecule has 5 aromatic rings. The van der Waals surface area contributed by atoms with Crippen molar-refractivity contribution in [1.29, 1.82) is 0 Å². The van der Waals surface area contributed by atoms with Crippen molar-refractivity contribution in [1.82, 2.24) is 29.9 Å². The number of allylic oxidation sites excluding steroid dienone is 4. The van der Waals surface area contributed by atoms with Gasteiger partial charge in [0.2, 0.25) is 0 Å². The molecule has 0 saturated heterocycles. The van der Waals surface area contributed by atoms with Crippen LogP contribution in [0.1, 0.15) is 136 Å². The number of aromatic nitrogens is 6. The van der Waals surface area contributed by atoms with Gasteiger partial charge in [-0.15, -0.1) is 0 Å². The highest BCUT2D eigenvalue weighted by molar-refractivity contribution is 5.97. The number of hydrogen-bond donors (Lipinski definition) is 4. The van der Waals surface area contributed by atoms with Gasteiger partial charge in [0.05, 0.1) is 44.8 Å². The van der Waals surface area contributed by atoms with Gasteiger partial charge in [0, 0.05) is 22.1 Å².